The Hall–Kier alpha value is -1.95. The lowest BCUT2D eigenvalue weighted by Gasteiger charge is -2.06. The van der Waals surface area contributed by atoms with Gasteiger partial charge in [-0.1, -0.05) is 30.3 Å². The minimum Gasteiger partial charge on any atom is -0.466 e. The molecule has 0 unspecified atom stereocenters. The van der Waals surface area contributed by atoms with Gasteiger partial charge in [0.05, 0.1) is 13.2 Å². The molecule has 0 amide bonds. The maximum Gasteiger partial charge on any atom is 0.313 e. The van der Waals surface area contributed by atoms with E-state index < -0.39 is 0 Å². The molecule has 1 aromatic heterocycles. The van der Waals surface area contributed by atoms with Gasteiger partial charge in [-0.15, -0.1) is 0 Å². The quantitative estimate of drug-likeness (QED) is 0.671. The van der Waals surface area contributed by atoms with Crippen molar-refractivity contribution in [3.8, 4) is 0 Å². The number of ether oxygens (including phenoxy) is 1. The van der Waals surface area contributed by atoms with Crippen LogP contribution in [0.4, 0.5) is 0 Å². The van der Waals surface area contributed by atoms with Crippen LogP contribution in [0.2, 0.25) is 0 Å². The van der Waals surface area contributed by atoms with E-state index in [1.807, 2.05) is 34.9 Å². The molecule has 1 heterocycles. The fraction of sp³-hybridized carbons (Fsp3) is 0.308. The molecule has 100 valence electrons. The summed E-state index contributed by atoms with van der Waals surface area (Å²) in [6, 6.07) is 9.89. The van der Waals surface area contributed by atoms with Gasteiger partial charge in [0, 0.05) is 0 Å². The molecule has 0 aliphatic rings. The van der Waals surface area contributed by atoms with Crippen LogP contribution in [-0.2, 0) is 22.5 Å². The molecule has 1 aromatic carbocycles. The van der Waals surface area contributed by atoms with E-state index in [9.17, 15) is 4.79 Å². The normalized spacial score (nSPS) is 10.4. The SMILES string of the molecule is CCOC(=O)Cc1n[nH]c(=S)n1Cc1ccccc1. The van der Waals surface area contributed by atoms with Crippen molar-refractivity contribution in [2.24, 2.45) is 0 Å². The molecule has 6 heteroatoms. The van der Waals surface area contributed by atoms with Crippen molar-refractivity contribution in [1.82, 2.24) is 14.8 Å². The highest BCUT2D eigenvalue weighted by Crippen LogP contribution is 2.07. The van der Waals surface area contributed by atoms with Crippen LogP contribution in [0.3, 0.4) is 0 Å². The molecule has 1 N–H and O–H groups in total. The fourth-order valence-corrected chi connectivity index (χ4v) is 1.97. The number of carbonyl (C=O) groups is 1. The Kier molecular flexibility index (Phi) is 4.46. The number of carbonyl (C=O) groups excluding carboxylic acids is 1. The molecule has 0 atom stereocenters. The largest absolute Gasteiger partial charge is 0.466 e. The van der Waals surface area contributed by atoms with Crippen LogP contribution in [-0.4, -0.2) is 27.3 Å². The van der Waals surface area contributed by atoms with Gasteiger partial charge in [-0.25, -0.2) is 0 Å². The van der Waals surface area contributed by atoms with Gasteiger partial charge >= 0.3 is 5.97 Å². The minimum atomic E-state index is -0.300. The first kappa shape index (κ1) is 13.5. The highest BCUT2D eigenvalue weighted by atomic mass is 32.1. The van der Waals surface area contributed by atoms with Gasteiger partial charge in [0.1, 0.15) is 12.2 Å². The zero-order valence-corrected chi connectivity index (χ0v) is 11.4. The number of aromatic nitrogens is 3. The summed E-state index contributed by atoms with van der Waals surface area (Å²) in [7, 11) is 0. The van der Waals surface area contributed by atoms with Crippen molar-refractivity contribution >= 4 is 18.2 Å². The highest BCUT2D eigenvalue weighted by molar-refractivity contribution is 7.71. The topological polar surface area (TPSA) is 59.9 Å². The van der Waals surface area contributed by atoms with Crippen molar-refractivity contribution in [1.29, 1.82) is 0 Å². The lowest BCUT2D eigenvalue weighted by atomic mass is 10.2. The molecular weight excluding hydrogens is 262 g/mol. The Morgan fingerprint density at radius 1 is 1.42 bits per heavy atom. The number of hydrogen-bond donors (Lipinski definition) is 1. The molecule has 0 bridgehead atoms. The Morgan fingerprint density at radius 3 is 2.84 bits per heavy atom. The molecule has 5 nitrogen and oxygen atoms in total. The number of benzene rings is 1. The van der Waals surface area contributed by atoms with Crippen LogP contribution in [0, 0.1) is 4.77 Å². The molecule has 2 rings (SSSR count). The van der Waals surface area contributed by atoms with Crippen molar-refractivity contribution in [3.63, 3.8) is 0 Å². The summed E-state index contributed by atoms with van der Waals surface area (Å²) in [5, 5.41) is 6.79. The van der Waals surface area contributed by atoms with Gasteiger partial charge in [0.15, 0.2) is 4.77 Å². The van der Waals surface area contributed by atoms with Crippen molar-refractivity contribution in [2.75, 3.05) is 6.61 Å². The first-order valence-corrected chi connectivity index (χ1v) is 6.45. The van der Waals surface area contributed by atoms with E-state index >= 15 is 0 Å². The first-order chi connectivity index (χ1) is 9.20. The third-order valence-corrected chi connectivity index (χ3v) is 2.94. The van der Waals surface area contributed by atoms with Gasteiger partial charge in [-0.2, -0.15) is 5.10 Å². The van der Waals surface area contributed by atoms with Gasteiger partial charge in [-0.3, -0.25) is 14.5 Å². The predicted octanol–water partition coefficient (Wildman–Crippen LogP) is 2.09. The Labute approximate surface area is 116 Å². The van der Waals surface area contributed by atoms with E-state index in [0.29, 0.717) is 23.7 Å². The van der Waals surface area contributed by atoms with Crippen LogP contribution in [0.15, 0.2) is 30.3 Å². The van der Waals surface area contributed by atoms with Gasteiger partial charge < -0.3 is 4.74 Å². The molecule has 0 saturated carbocycles. The molecule has 0 radical (unpaired) electrons. The van der Waals surface area contributed by atoms with Crippen molar-refractivity contribution < 1.29 is 9.53 Å². The lowest BCUT2D eigenvalue weighted by Crippen LogP contribution is -2.13. The first-order valence-electron chi connectivity index (χ1n) is 6.04. The predicted molar refractivity (Wildman–Crippen MR) is 73.3 cm³/mol. The zero-order chi connectivity index (χ0) is 13.7. The third kappa shape index (κ3) is 3.51. The van der Waals surface area contributed by atoms with E-state index in [1.165, 1.54) is 0 Å². The van der Waals surface area contributed by atoms with E-state index in [1.54, 1.807) is 6.92 Å². The number of hydrogen-bond acceptors (Lipinski definition) is 4. The van der Waals surface area contributed by atoms with Gasteiger partial charge in [0.2, 0.25) is 0 Å². The molecule has 0 saturated heterocycles. The second kappa shape index (κ2) is 6.29. The summed E-state index contributed by atoms with van der Waals surface area (Å²) >= 11 is 5.18. The number of esters is 1. The lowest BCUT2D eigenvalue weighted by molar-refractivity contribution is -0.142. The maximum atomic E-state index is 11.5. The minimum absolute atomic E-state index is 0.119. The smallest absolute Gasteiger partial charge is 0.313 e. The second-order valence-corrected chi connectivity index (χ2v) is 4.39. The number of aromatic amines is 1. The number of nitrogens with zero attached hydrogens (tertiary/aromatic N) is 2. The number of rotatable bonds is 5. The van der Waals surface area contributed by atoms with E-state index in [0.717, 1.165) is 5.56 Å². The van der Waals surface area contributed by atoms with Crippen LogP contribution in [0.25, 0.3) is 0 Å². The standard InChI is InChI=1S/C13H15N3O2S/c1-2-18-12(17)8-11-14-15-13(19)16(11)9-10-6-4-3-5-7-10/h3-7H,2,8-9H2,1H3,(H,15,19). The van der Waals surface area contributed by atoms with Crippen molar-refractivity contribution in [3.05, 3.63) is 46.5 Å². The monoisotopic (exact) mass is 277 g/mol. The van der Waals surface area contributed by atoms with Crippen molar-refractivity contribution in [2.45, 2.75) is 19.9 Å². The highest BCUT2D eigenvalue weighted by Gasteiger charge is 2.12. The molecule has 0 spiro atoms. The van der Waals surface area contributed by atoms with Gasteiger partial charge in [0.25, 0.3) is 0 Å². The van der Waals surface area contributed by atoms with E-state index in [2.05, 4.69) is 10.2 Å². The molecule has 19 heavy (non-hydrogen) atoms. The molecule has 0 fully saturated rings. The fourth-order valence-electron chi connectivity index (χ4n) is 1.76. The van der Waals surface area contributed by atoms with Crippen LogP contribution in [0.1, 0.15) is 18.3 Å². The molecular formula is C13H15N3O2S. The van der Waals surface area contributed by atoms with Crippen LogP contribution >= 0.6 is 12.2 Å². The average molecular weight is 277 g/mol. The summed E-state index contributed by atoms with van der Waals surface area (Å²) in [5.74, 6) is 0.290. The Balaban J connectivity index is 2.18. The second-order valence-electron chi connectivity index (χ2n) is 4.00. The summed E-state index contributed by atoms with van der Waals surface area (Å²) in [4.78, 5) is 11.5. The molecule has 0 aliphatic heterocycles. The summed E-state index contributed by atoms with van der Waals surface area (Å²) in [5.41, 5.74) is 1.10. The third-order valence-electron chi connectivity index (χ3n) is 2.63. The van der Waals surface area contributed by atoms with Gasteiger partial charge in [-0.05, 0) is 24.7 Å². The average Bonchev–Trinajstić information content (AvgIpc) is 2.73. The zero-order valence-electron chi connectivity index (χ0n) is 10.6. The van der Waals surface area contributed by atoms with Crippen LogP contribution < -0.4 is 0 Å². The Bertz CT molecular complexity index is 604. The molecule has 0 aliphatic carbocycles. The Morgan fingerprint density at radius 2 is 2.16 bits per heavy atom. The van der Waals surface area contributed by atoms with E-state index in [-0.39, 0.29) is 12.4 Å². The maximum absolute atomic E-state index is 11.5. The number of nitrogens with one attached hydrogen (secondary N) is 1. The molecule has 2 aromatic rings. The summed E-state index contributed by atoms with van der Waals surface area (Å²) in [6.45, 7) is 2.73. The van der Waals surface area contributed by atoms with E-state index in [4.69, 9.17) is 17.0 Å². The summed E-state index contributed by atoms with van der Waals surface area (Å²) < 4.78 is 7.23. The number of H-pyrrole nitrogens is 1. The summed E-state index contributed by atoms with van der Waals surface area (Å²) in [6.07, 6.45) is 0.119. The van der Waals surface area contributed by atoms with Crippen LogP contribution in [0.5, 0.6) is 0 Å².